The standard InChI is InChI=1S/C24H26FN7O2/c1-16(33)24-21(26-14-18-5-3-4-6-20(18)25)13-23(29-30-24)28-22-8-7-19(15-27-22)32-11-9-31(10-12-32)17(2)34/h3-8,13,15H,9-12,14H2,1-2H3,(H2,26,27,28,29). The number of nitrogens with zero attached hydrogens (tertiary/aromatic N) is 5. The van der Waals surface area contributed by atoms with Crippen LogP contribution in [-0.4, -0.2) is 58.0 Å². The molecule has 0 unspecified atom stereocenters. The third-order valence-electron chi connectivity index (χ3n) is 5.65. The zero-order chi connectivity index (χ0) is 24.1. The van der Waals surface area contributed by atoms with Crippen LogP contribution in [0.15, 0.2) is 48.7 Å². The van der Waals surface area contributed by atoms with E-state index in [-0.39, 0.29) is 29.7 Å². The smallest absolute Gasteiger partial charge is 0.219 e. The van der Waals surface area contributed by atoms with E-state index in [4.69, 9.17) is 0 Å². The molecule has 0 radical (unpaired) electrons. The number of anilines is 4. The van der Waals surface area contributed by atoms with Crippen molar-refractivity contribution in [3.8, 4) is 0 Å². The van der Waals surface area contributed by atoms with E-state index in [1.807, 2.05) is 17.0 Å². The Labute approximate surface area is 197 Å². The lowest BCUT2D eigenvalue weighted by Crippen LogP contribution is -2.48. The summed E-state index contributed by atoms with van der Waals surface area (Å²) in [7, 11) is 0. The number of hydrogen-bond donors (Lipinski definition) is 2. The molecule has 1 fully saturated rings. The number of Topliss-reactive ketones (excluding diaryl/α,β-unsaturated/α-hetero) is 1. The maximum Gasteiger partial charge on any atom is 0.219 e. The minimum atomic E-state index is -0.327. The summed E-state index contributed by atoms with van der Waals surface area (Å²) in [5.74, 6) is 0.485. The molecule has 0 spiro atoms. The molecule has 0 atom stereocenters. The third kappa shape index (κ3) is 5.45. The maximum absolute atomic E-state index is 14.0. The fourth-order valence-electron chi connectivity index (χ4n) is 3.74. The van der Waals surface area contributed by atoms with Crippen molar-refractivity contribution in [3.05, 3.63) is 65.7 Å². The molecule has 3 aromatic rings. The monoisotopic (exact) mass is 463 g/mol. The van der Waals surface area contributed by atoms with Gasteiger partial charge < -0.3 is 20.4 Å². The molecule has 34 heavy (non-hydrogen) atoms. The van der Waals surface area contributed by atoms with Crippen LogP contribution >= 0.6 is 0 Å². The second-order valence-corrected chi connectivity index (χ2v) is 8.01. The summed E-state index contributed by atoms with van der Waals surface area (Å²) in [5, 5.41) is 14.3. The lowest BCUT2D eigenvalue weighted by Gasteiger charge is -2.35. The number of benzene rings is 1. The lowest BCUT2D eigenvalue weighted by molar-refractivity contribution is -0.129. The highest BCUT2D eigenvalue weighted by atomic mass is 19.1. The number of aromatic nitrogens is 3. The van der Waals surface area contributed by atoms with Gasteiger partial charge in [-0.05, 0) is 18.2 Å². The zero-order valence-electron chi connectivity index (χ0n) is 19.1. The van der Waals surface area contributed by atoms with Gasteiger partial charge in [-0.25, -0.2) is 9.37 Å². The summed E-state index contributed by atoms with van der Waals surface area (Å²) in [5.41, 5.74) is 2.08. The molecule has 1 saturated heterocycles. The van der Waals surface area contributed by atoms with E-state index in [1.54, 1.807) is 37.4 Å². The first-order chi connectivity index (χ1) is 16.4. The van der Waals surface area contributed by atoms with Crippen LogP contribution in [0.1, 0.15) is 29.9 Å². The highest BCUT2D eigenvalue weighted by Gasteiger charge is 2.19. The van der Waals surface area contributed by atoms with Crippen LogP contribution < -0.4 is 15.5 Å². The largest absolute Gasteiger partial charge is 0.379 e. The van der Waals surface area contributed by atoms with Gasteiger partial charge in [-0.3, -0.25) is 9.59 Å². The predicted octanol–water partition coefficient (Wildman–Crippen LogP) is 3.24. The van der Waals surface area contributed by atoms with Crippen LogP contribution in [0.4, 0.5) is 27.4 Å². The Hall–Kier alpha value is -4.08. The molecule has 1 aliphatic rings. The van der Waals surface area contributed by atoms with Crippen molar-refractivity contribution in [2.45, 2.75) is 20.4 Å². The number of rotatable bonds is 7. The van der Waals surface area contributed by atoms with Crippen LogP contribution in [0.5, 0.6) is 0 Å². The average molecular weight is 464 g/mol. The van der Waals surface area contributed by atoms with E-state index >= 15 is 0 Å². The van der Waals surface area contributed by atoms with E-state index in [2.05, 4.69) is 30.7 Å². The number of piperazine rings is 1. The first-order valence-electron chi connectivity index (χ1n) is 11.0. The molecule has 3 heterocycles. The molecule has 0 bridgehead atoms. The Morgan fingerprint density at radius 1 is 1.00 bits per heavy atom. The summed E-state index contributed by atoms with van der Waals surface area (Å²) in [6.07, 6.45) is 1.76. The SMILES string of the molecule is CC(=O)c1nnc(Nc2ccc(N3CCN(C(C)=O)CC3)cn2)cc1NCc1ccccc1F. The van der Waals surface area contributed by atoms with Gasteiger partial charge in [0.25, 0.3) is 0 Å². The molecule has 1 aromatic carbocycles. The summed E-state index contributed by atoms with van der Waals surface area (Å²) in [4.78, 5) is 32.0. The van der Waals surface area contributed by atoms with E-state index in [9.17, 15) is 14.0 Å². The van der Waals surface area contributed by atoms with Crippen LogP contribution in [-0.2, 0) is 11.3 Å². The van der Waals surface area contributed by atoms with Crippen molar-refractivity contribution in [1.29, 1.82) is 0 Å². The molecule has 4 rings (SSSR count). The van der Waals surface area contributed by atoms with Crippen molar-refractivity contribution in [2.24, 2.45) is 0 Å². The zero-order valence-corrected chi connectivity index (χ0v) is 19.1. The number of ketones is 1. The second-order valence-electron chi connectivity index (χ2n) is 8.01. The number of carbonyl (C=O) groups is 2. The molecule has 1 aliphatic heterocycles. The molecular formula is C24H26FN7O2. The summed E-state index contributed by atoms with van der Waals surface area (Å²) < 4.78 is 14.0. The summed E-state index contributed by atoms with van der Waals surface area (Å²) >= 11 is 0. The number of hydrogen-bond acceptors (Lipinski definition) is 8. The average Bonchev–Trinajstić information content (AvgIpc) is 2.84. The molecular weight excluding hydrogens is 437 g/mol. The molecule has 176 valence electrons. The molecule has 1 amide bonds. The van der Waals surface area contributed by atoms with Crippen LogP contribution in [0.25, 0.3) is 0 Å². The maximum atomic E-state index is 14.0. The number of amides is 1. The summed E-state index contributed by atoms with van der Waals surface area (Å²) in [6, 6.07) is 11.9. The van der Waals surface area contributed by atoms with Crippen LogP contribution in [0.3, 0.4) is 0 Å². The predicted molar refractivity (Wildman–Crippen MR) is 128 cm³/mol. The molecule has 9 nitrogen and oxygen atoms in total. The van der Waals surface area contributed by atoms with E-state index in [0.717, 1.165) is 18.8 Å². The van der Waals surface area contributed by atoms with Gasteiger partial charge in [-0.2, -0.15) is 0 Å². The second kappa shape index (κ2) is 10.2. The van der Waals surface area contributed by atoms with E-state index < -0.39 is 0 Å². The highest BCUT2D eigenvalue weighted by molar-refractivity contribution is 5.97. The van der Waals surface area contributed by atoms with Crippen LogP contribution in [0.2, 0.25) is 0 Å². The van der Waals surface area contributed by atoms with Crippen LogP contribution in [0, 0.1) is 5.82 Å². The van der Waals surface area contributed by atoms with Crippen molar-refractivity contribution in [2.75, 3.05) is 41.7 Å². The Morgan fingerprint density at radius 3 is 2.41 bits per heavy atom. The highest BCUT2D eigenvalue weighted by Crippen LogP contribution is 2.22. The van der Waals surface area contributed by atoms with Gasteiger partial charge in [0.15, 0.2) is 17.3 Å². The van der Waals surface area contributed by atoms with Gasteiger partial charge in [-0.1, -0.05) is 18.2 Å². The number of carbonyl (C=O) groups excluding carboxylic acids is 2. The van der Waals surface area contributed by atoms with Gasteiger partial charge in [-0.15, -0.1) is 10.2 Å². The fourth-order valence-corrected chi connectivity index (χ4v) is 3.74. The number of halogens is 1. The van der Waals surface area contributed by atoms with Crippen molar-refractivity contribution in [3.63, 3.8) is 0 Å². The van der Waals surface area contributed by atoms with Crippen molar-refractivity contribution < 1.29 is 14.0 Å². The normalized spacial score (nSPS) is 13.5. The topological polar surface area (TPSA) is 103 Å². The molecule has 0 aliphatic carbocycles. The third-order valence-corrected chi connectivity index (χ3v) is 5.65. The van der Waals surface area contributed by atoms with Crippen molar-refractivity contribution >= 4 is 34.7 Å². The molecule has 0 saturated carbocycles. The number of pyridine rings is 1. The van der Waals surface area contributed by atoms with E-state index in [0.29, 0.717) is 36.0 Å². The molecule has 2 N–H and O–H groups in total. The quantitative estimate of drug-likeness (QED) is 0.515. The Morgan fingerprint density at radius 2 is 1.76 bits per heavy atom. The van der Waals surface area contributed by atoms with Gasteiger partial charge in [0.05, 0.1) is 17.6 Å². The Bertz CT molecular complexity index is 1180. The minimum absolute atomic E-state index is 0.0944. The molecule has 2 aromatic heterocycles. The van der Waals surface area contributed by atoms with Crippen molar-refractivity contribution in [1.82, 2.24) is 20.1 Å². The fraction of sp³-hybridized carbons (Fsp3) is 0.292. The van der Waals surface area contributed by atoms with Gasteiger partial charge in [0, 0.05) is 58.2 Å². The Kier molecular flexibility index (Phi) is 6.95. The Balaban J connectivity index is 1.44. The lowest BCUT2D eigenvalue weighted by atomic mass is 10.2. The van der Waals surface area contributed by atoms with Gasteiger partial charge in [0.2, 0.25) is 5.91 Å². The van der Waals surface area contributed by atoms with E-state index in [1.165, 1.54) is 13.0 Å². The number of nitrogens with one attached hydrogen (secondary N) is 2. The summed E-state index contributed by atoms with van der Waals surface area (Å²) in [6.45, 7) is 6.08. The molecule has 10 heteroatoms. The first-order valence-corrected chi connectivity index (χ1v) is 11.0. The first kappa shape index (κ1) is 23.1. The van der Waals surface area contributed by atoms with Gasteiger partial charge in [0.1, 0.15) is 11.6 Å². The minimum Gasteiger partial charge on any atom is -0.379 e. The van der Waals surface area contributed by atoms with Gasteiger partial charge >= 0.3 is 0 Å².